The zero-order chi connectivity index (χ0) is 26.0. The molecule has 0 fully saturated rings. The van der Waals surface area contributed by atoms with Crippen molar-refractivity contribution in [1.29, 1.82) is 0 Å². The maximum absolute atomic E-state index is 13.0. The molecule has 188 valence electrons. The van der Waals surface area contributed by atoms with Crippen LogP contribution in [0.3, 0.4) is 0 Å². The predicted octanol–water partition coefficient (Wildman–Crippen LogP) is 5.81. The zero-order valence-corrected chi connectivity index (χ0v) is 19.0. The van der Waals surface area contributed by atoms with Gasteiger partial charge in [0.2, 0.25) is 0 Å². The van der Waals surface area contributed by atoms with Gasteiger partial charge in [-0.3, -0.25) is 14.6 Å². The van der Waals surface area contributed by atoms with E-state index in [0.717, 1.165) is 12.1 Å². The van der Waals surface area contributed by atoms with E-state index in [1.807, 2.05) is 0 Å². The molecule has 0 aliphatic carbocycles. The Hall–Kier alpha value is -4.22. The summed E-state index contributed by atoms with van der Waals surface area (Å²) in [5, 5.41) is 13.8. The molecule has 0 unspecified atom stereocenters. The minimum Gasteiger partial charge on any atom is -0.435 e. The van der Waals surface area contributed by atoms with Gasteiger partial charge in [-0.1, -0.05) is 12.1 Å². The number of H-pyrrole nitrogens is 1. The second-order valence-electron chi connectivity index (χ2n) is 7.93. The summed E-state index contributed by atoms with van der Waals surface area (Å²) in [6, 6.07) is 12.2. The van der Waals surface area contributed by atoms with Crippen molar-refractivity contribution in [2.24, 2.45) is 0 Å². The number of ether oxygens (including phenoxy) is 1. The highest BCUT2D eigenvalue weighted by molar-refractivity contribution is 6.04. The van der Waals surface area contributed by atoms with Crippen molar-refractivity contribution in [1.82, 2.24) is 20.0 Å². The molecule has 36 heavy (non-hydrogen) atoms. The van der Waals surface area contributed by atoms with E-state index in [2.05, 4.69) is 25.3 Å². The van der Waals surface area contributed by atoms with Crippen molar-refractivity contribution in [2.45, 2.75) is 33.2 Å². The van der Waals surface area contributed by atoms with E-state index >= 15 is 0 Å². The van der Waals surface area contributed by atoms with Gasteiger partial charge in [0.05, 0.1) is 34.9 Å². The second-order valence-corrected chi connectivity index (χ2v) is 7.93. The summed E-state index contributed by atoms with van der Waals surface area (Å²) in [5.74, 6) is -0.508. The van der Waals surface area contributed by atoms with Crippen LogP contribution in [0.2, 0.25) is 0 Å². The van der Waals surface area contributed by atoms with Gasteiger partial charge in [-0.2, -0.15) is 32.1 Å². The standard InChI is InChI=1S/C24H20F5N5O2/c1-13-21(14(2)34(33-13)12-15-4-3-5-17(10-15)24(27,28)29)30-22(35)20-11-19(31-32-20)16-6-8-18(9-7-16)36-23(25)26/h3-11,23H,12H2,1-2H3,(H,30,35)(H,31,32). The van der Waals surface area contributed by atoms with Crippen molar-refractivity contribution in [3.05, 3.63) is 82.8 Å². The van der Waals surface area contributed by atoms with Crippen molar-refractivity contribution in [3.63, 3.8) is 0 Å². The molecule has 1 amide bonds. The lowest BCUT2D eigenvalue weighted by atomic mass is 10.1. The van der Waals surface area contributed by atoms with E-state index in [-0.39, 0.29) is 18.0 Å². The highest BCUT2D eigenvalue weighted by atomic mass is 19.4. The van der Waals surface area contributed by atoms with E-state index in [1.165, 1.54) is 41.1 Å². The van der Waals surface area contributed by atoms with Gasteiger partial charge in [0.15, 0.2) is 0 Å². The minimum absolute atomic E-state index is 0.00431. The smallest absolute Gasteiger partial charge is 0.416 e. The average molecular weight is 505 g/mol. The number of aryl methyl sites for hydroxylation is 1. The van der Waals surface area contributed by atoms with Gasteiger partial charge < -0.3 is 10.1 Å². The number of amides is 1. The number of nitrogens with one attached hydrogen (secondary N) is 2. The van der Waals surface area contributed by atoms with Crippen molar-refractivity contribution >= 4 is 11.6 Å². The lowest BCUT2D eigenvalue weighted by Gasteiger charge is -2.10. The Balaban J connectivity index is 1.48. The molecule has 4 aromatic rings. The Kier molecular flexibility index (Phi) is 6.77. The maximum Gasteiger partial charge on any atom is 0.416 e. The fourth-order valence-electron chi connectivity index (χ4n) is 3.62. The fourth-order valence-corrected chi connectivity index (χ4v) is 3.62. The third kappa shape index (κ3) is 5.53. The first-order chi connectivity index (χ1) is 17.0. The molecule has 4 rings (SSSR count). The number of anilines is 1. The first kappa shape index (κ1) is 24.9. The number of alkyl halides is 5. The molecule has 0 aliphatic heterocycles. The van der Waals surface area contributed by atoms with Crippen molar-refractivity contribution in [3.8, 4) is 17.0 Å². The number of aromatic nitrogens is 4. The summed E-state index contributed by atoms with van der Waals surface area (Å²) in [6.07, 6.45) is -4.45. The van der Waals surface area contributed by atoms with E-state index in [4.69, 9.17) is 0 Å². The highest BCUT2D eigenvalue weighted by Gasteiger charge is 2.30. The zero-order valence-electron chi connectivity index (χ0n) is 19.0. The topological polar surface area (TPSA) is 84.8 Å². The summed E-state index contributed by atoms with van der Waals surface area (Å²) in [6.45, 7) is 0.529. The summed E-state index contributed by atoms with van der Waals surface area (Å²) < 4.78 is 69.5. The normalized spacial score (nSPS) is 11.7. The number of carbonyl (C=O) groups excluding carboxylic acids is 1. The number of carbonyl (C=O) groups is 1. The second kappa shape index (κ2) is 9.80. The van der Waals surface area contributed by atoms with E-state index in [9.17, 15) is 26.7 Å². The van der Waals surface area contributed by atoms with Crippen LogP contribution in [0.15, 0.2) is 54.6 Å². The molecule has 0 saturated heterocycles. The molecule has 0 atom stereocenters. The molecule has 0 radical (unpaired) electrons. The molecule has 2 aromatic carbocycles. The van der Waals surface area contributed by atoms with Gasteiger partial charge in [-0.05, 0) is 61.9 Å². The van der Waals surface area contributed by atoms with Crippen LogP contribution in [0, 0.1) is 13.8 Å². The van der Waals surface area contributed by atoms with Crippen LogP contribution in [0.25, 0.3) is 11.3 Å². The average Bonchev–Trinajstić information content (AvgIpc) is 3.40. The summed E-state index contributed by atoms with van der Waals surface area (Å²) in [7, 11) is 0. The summed E-state index contributed by atoms with van der Waals surface area (Å²) in [4.78, 5) is 12.8. The third-order valence-corrected chi connectivity index (χ3v) is 5.40. The molecule has 0 saturated carbocycles. The van der Waals surface area contributed by atoms with Crippen LogP contribution < -0.4 is 10.1 Å². The maximum atomic E-state index is 13.0. The lowest BCUT2D eigenvalue weighted by Crippen LogP contribution is -2.14. The van der Waals surface area contributed by atoms with Gasteiger partial charge in [0, 0.05) is 5.56 Å². The summed E-state index contributed by atoms with van der Waals surface area (Å²) in [5.41, 5.74) is 2.28. The van der Waals surface area contributed by atoms with Crippen LogP contribution in [-0.4, -0.2) is 32.5 Å². The Labute approximate surface area is 201 Å². The Morgan fingerprint density at radius 3 is 2.50 bits per heavy atom. The molecule has 2 heterocycles. The minimum atomic E-state index is -4.45. The van der Waals surface area contributed by atoms with Gasteiger partial charge in [-0.25, -0.2) is 0 Å². The quantitative estimate of drug-likeness (QED) is 0.311. The van der Waals surface area contributed by atoms with Crippen LogP contribution in [0.4, 0.5) is 27.6 Å². The Morgan fingerprint density at radius 2 is 1.83 bits per heavy atom. The first-order valence-electron chi connectivity index (χ1n) is 10.6. The van der Waals surface area contributed by atoms with E-state index in [1.54, 1.807) is 19.9 Å². The number of halogens is 5. The molecule has 12 heteroatoms. The van der Waals surface area contributed by atoms with Crippen LogP contribution >= 0.6 is 0 Å². The molecule has 0 aliphatic rings. The molecule has 7 nitrogen and oxygen atoms in total. The van der Waals surface area contributed by atoms with Gasteiger partial charge in [0.25, 0.3) is 5.91 Å². The van der Waals surface area contributed by atoms with Crippen LogP contribution in [0.5, 0.6) is 5.75 Å². The largest absolute Gasteiger partial charge is 0.435 e. The van der Waals surface area contributed by atoms with Gasteiger partial charge in [-0.15, -0.1) is 0 Å². The van der Waals surface area contributed by atoms with Crippen LogP contribution in [0.1, 0.15) is 33.0 Å². The molecule has 0 bridgehead atoms. The van der Waals surface area contributed by atoms with Crippen molar-refractivity contribution in [2.75, 3.05) is 5.32 Å². The number of aromatic amines is 1. The molecule has 2 aromatic heterocycles. The SMILES string of the molecule is Cc1nn(Cc2cccc(C(F)(F)F)c2)c(C)c1NC(=O)c1cc(-c2ccc(OC(F)F)cc2)n[nH]1. The summed E-state index contributed by atoms with van der Waals surface area (Å²) >= 11 is 0. The highest BCUT2D eigenvalue weighted by Crippen LogP contribution is 2.30. The first-order valence-corrected chi connectivity index (χ1v) is 10.6. The molecule has 2 N–H and O–H groups in total. The number of nitrogens with zero attached hydrogens (tertiary/aromatic N) is 3. The van der Waals surface area contributed by atoms with E-state index < -0.39 is 24.3 Å². The number of rotatable bonds is 7. The Bertz CT molecular complexity index is 1380. The van der Waals surface area contributed by atoms with E-state index in [0.29, 0.717) is 33.9 Å². The number of hydrogen-bond donors (Lipinski definition) is 2. The number of benzene rings is 2. The number of hydrogen-bond acceptors (Lipinski definition) is 4. The molecule has 0 spiro atoms. The molecular weight excluding hydrogens is 485 g/mol. The predicted molar refractivity (Wildman–Crippen MR) is 121 cm³/mol. The monoisotopic (exact) mass is 505 g/mol. The van der Waals surface area contributed by atoms with Gasteiger partial charge >= 0.3 is 12.8 Å². The van der Waals surface area contributed by atoms with Crippen LogP contribution in [-0.2, 0) is 12.7 Å². The van der Waals surface area contributed by atoms with Crippen molar-refractivity contribution < 1.29 is 31.5 Å². The Morgan fingerprint density at radius 1 is 1.11 bits per heavy atom. The van der Waals surface area contributed by atoms with Gasteiger partial charge in [0.1, 0.15) is 11.4 Å². The molecular formula is C24H20F5N5O2. The lowest BCUT2D eigenvalue weighted by molar-refractivity contribution is -0.137. The third-order valence-electron chi connectivity index (χ3n) is 5.40. The fraction of sp³-hybridized carbons (Fsp3) is 0.208.